The number of anilines is 2. The summed E-state index contributed by atoms with van der Waals surface area (Å²) in [6.07, 6.45) is 5.45. The van der Waals surface area contributed by atoms with E-state index in [1.165, 1.54) is 16.7 Å². The van der Waals surface area contributed by atoms with Crippen LogP contribution in [0.3, 0.4) is 0 Å². The molecule has 5 heteroatoms. The van der Waals surface area contributed by atoms with Crippen molar-refractivity contribution in [3.63, 3.8) is 0 Å². The summed E-state index contributed by atoms with van der Waals surface area (Å²) >= 11 is 0. The zero-order valence-corrected chi connectivity index (χ0v) is 19.4. The Morgan fingerprint density at radius 1 is 0.875 bits per heavy atom. The van der Waals surface area contributed by atoms with Gasteiger partial charge in [-0.15, -0.1) is 0 Å². The molecule has 5 rings (SSSR count). The first-order chi connectivity index (χ1) is 15.3. The predicted octanol–water partition coefficient (Wildman–Crippen LogP) is 6.24. The van der Waals surface area contributed by atoms with Crippen molar-refractivity contribution in [1.29, 1.82) is 0 Å². The average Bonchev–Trinajstić information content (AvgIpc) is 3.26. The Hall–Kier alpha value is -3.05. The van der Waals surface area contributed by atoms with Gasteiger partial charge in [-0.3, -0.25) is 4.72 Å². The Morgan fingerprint density at radius 2 is 1.62 bits per heavy atom. The molecule has 2 aliphatic rings. The third-order valence-corrected chi connectivity index (χ3v) is 8.10. The molecule has 3 aromatic rings. The Balaban J connectivity index is 1.50. The van der Waals surface area contributed by atoms with Crippen LogP contribution in [0.15, 0.2) is 77.7 Å². The lowest BCUT2D eigenvalue weighted by Gasteiger charge is -2.38. The number of rotatable bonds is 4. The number of allylic oxidation sites excluding steroid dienone is 2. The highest BCUT2D eigenvalue weighted by atomic mass is 32.2. The van der Waals surface area contributed by atoms with Gasteiger partial charge in [0.1, 0.15) is 0 Å². The van der Waals surface area contributed by atoms with E-state index in [4.69, 9.17) is 0 Å². The first kappa shape index (κ1) is 20.8. The molecule has 4 nitrogen and oxygen atoms in total. The quantitative estimate of drug-likeness (QED) is 0.468. The van der Waals surface area contributed by atoms with Crippen molar-refractivity contribution in [3.05, 3.63) is 101 Å². The number of sulfonamides is 1. The van der Waals surface area contributed by atoms with Crippen LogP contribution in [-0.4, -0.2) is 8.42 Å². The number of hydrogen-bond acceptors (Lipinski definition) is 3. The van der Waals surface area contributed by atoms with Gasteiger partial charge in [0, 0.05) is 17.3 Å². The molecule has 0 saturated heterocycles. The molecule has 2 N–H and O–H groups in total. The number of fused-ring (bicyclic) bond motifs is 3. The van der Waals surface area contributed by atoms with Gasteiger partial charge in [-0.1, -0.05) is 53.6 Å². The van der Waals surface area contributed by atoms with Crippen molar-refractivity contribution in [1.82, 2.24) is 0 Å². The number of nitrogens with one attached hydrogen (secondary N) is 2. The summed E-state index contributed by atoms with van der Waals surface area (Å²) < 4.78 is 28.9. The van der Waals surface area contributed by atoms with Crippen molar-refractivity contribution in [2.75, 3.05) is 10.0 Å². The van der Waals surface area contributed by atoms with E-state index in [0.29, 0.717) is 16.5 Å². The highest BCUT2D eigenvalue weighted by Gasteiger charge is 2.39. The molecule has 0 fully saturated rings. The van der Waals surface area contributed by atoms with E-state index in [9.17, 15) is 8.42 Å². The molecule has 0 saturated carbocycles. The fraction of sp³-hybridized carbons (Fsp3) is 0.259. The van der Waals surface area contributed by atoms with E-state index in [1.807, 2.05) is 31.2 Å². The summed E-state index contributed by atoms with van der Waals surface area (Å²) in [5.74, 6) is 0.566. The molecule has 1 aliphatic carbocycles. The number of hydrogen-bond donors (Lipinski definition) is 2. The van der Waals surface area contributed by atoms with Crippen LogP contribution >= 0.6 is 0 Å². The Bertz CT molecular complexity index is 1310. The fourth-order valence-electron chi connectivity index (χ4n) is 4.98. The van der Waals surface area contributed by atoms with Crippen LogP contribution < -0.4 is 10.0 Å². The molecule has 0 amide bonds. The van der Waals surface area contributed by atoms with Gasteiger partial charge in [0.15, 0.2) is 0 Å². The van der Waals surface area contributed by atoms with Crippen LogP contribution in [0.5, 0.6) is 0 Å². The van der Waals surface area contributed by atoms with Crippen molar-refractivity contribution in [2.24, 2.45) is 5.92 Å². The second kappa shape index (κ2) is 7.82. The highest BCUT2D eigenvalue weighted by molar-refractivity contribution is 7.92. The molecule has 164 valence electrons. The third-order valence-electron chi connectivity index (χ3n) is 6.72. The van der Waals surface area contributed by atoms with Crippen LogP contribution in [0.2, 0.25) is 0 Å². The van der Waals surface area contributed by atoms with E-state index < -0.39 is 10.0 Å². The van der Waals surface area contributed by atoms with Crippen molar-refractivity contribution in [2.45, 2.75) is 44.0 Å². The molecule has 0 spiro atoms. The largest absolute Gasteiger partial charge is 0.378 e. The lowest BCUT2D eigenvalue weighted by molar-refractivity contribution is 0.424. The SMILES string of the molecule is Cc1ccc(NS(=O)(=O)c2ccc3c(c2)[C@H]2C=CC[C@H]2[C@@H](c2cc(C)ccc2C)N3)cc1. The first-order valence-electron chi connectivity index (χ1n) is 11.1. The molecule has 0 unspecified atom stereocenters. The Labute approximate surface area is 190 Å². The highest BCUT2D eigenvalue weighted by Crippen LogP contribution is 2.50. The van der Waals surface area contributed by atoms with Gasteiger partial charge >= 0.3 is 0 Å². The summed E-state index contributed by atoms with van der Waals surface area (Å²) in [5.41, 5.74) is 7.58. The summed E-state index contributed by atoms with van der Waals surface area (Å²) in [7, 11) is -3.67. The summed E-state index contributed by atoms with van der Waals surface area (Å²) in [5, 5.41) is 3.73. The number of benzene rings is 3. The van der Waals surface area contributed by atoms with Crippen LogP contribution in [0.25, 0.3) is 0 Å². The van der Waals surface area contributed by atoms with Crippen molar-refractivity contribution < 1.29 is 8.42 Å². The minimum absolute atomic E-state index is 0.200. The smallest absolute Gasteiger partial charge is 0.261 e. The maximum atomic E-state index is 13.1. The monoisotopic (exact) mass is 444 g/mol. The fourth-order valence-corrected chi connectivity index (χ4v) is 6.07. The van der Waals surface area contributed by atoms with Crippen LogP contribution in [0.4, 0.5) is 11.4 Å². The summed E-state index contributed by atoms with van der Waals surface area (Å²) in [4.78, 5) is 0.294. The zero-order chi connectivity index (χ0) is 22.5. The normalized spacial score (nSPS) is 21.5. The predicted molar refractivity (Wildman–Crippen MR) is 131 cm³/mol. The molecular weight excluding hydrogens is 416 g/mol. The molecule has 0 radical (unpaired) electrons. The maximum Gasteiger partial charge on any atom is 0.261 e. The summed E-state index contributed by atoms with van der Waals surface area (Å²) in [6, 6.07) is 19.6. The van der Waals surface area contributed by atoms with Gasteiger partial charge in [0.05, 0.1) is 10.9 Å². The molecule has 1 aliphatic heterocycles. The molecular formula is C27H28N2O2S. The van der Waals surface area contributed by atoms with Crippen LogP contribution in [-0.2, 0) is 10.0 Å². The van der Waals surface area contributed by atoms with Crippen molar-refractivity contribution in [3.8, 4) is 0 Å². The minimum Gasteiger partial charge on any atom is -0.378 e. The van der Waals surface area contributed by atoms with E-state index in [0.717, 1.165) is 23.2 Å². The minimum atomic E-state index is -3.67. The second-order valence-electron chi connectivity index (χ2n) is 9.06. The van der Waals surface area contributed by atoms with E-state index in [-0.39, 0.29) is 12.0 Å². The van der Waals surface area contributed by atoms with Gasteiger partial charge in [-0.2, -0.15) is 0 Å². The zero-order valence-electron chi connectivity index (χ0n) is 18.6. The van der Waals surface area contributed by atoms with Gasteiger partial charge in [0.25, 0.3) is 10.0 Å². The van der Waals surface area contributed by atoms with E-state index >= 15 is 0 Å². The van der Waals surface area contributed by atoms with E-state index in [2.05, 4.69) is 54.2 Å². The molecule has 0 bridgehead atoms. The van der Waals surface area contributed by atoms with Gasteiger partial charge in [-0.25, -0.2) is 8.42 Å². The first-order valence-corrected chi connectivity index (χ1v) is 12.5. The summed E-state index contributed by atoms with van der Waals surface area (Å²) in [6.45, 7) is 6.27. The molecule has 1 heterocycles. The van der Waals surface area contributed by atoms with Crippen LogP contribution in [0.1, 0.15) is 46.2 Å². The van der Waals surface area contributed by atoms with Crippen molar-refractivity contribution >= 4 is 21.4 Å². The Morgan fingerprint density at radius 3 is 2.41 bits per heavy atom. The van der Waals surface area contributed by atoms with E-state index in [1.54, 1.807) is 18.2 Å². The Kier molecular flexibility index (Phi) is 5.09. The topological polar surface area (TPSA) is 58.2 Å². The van der Waals surface area contributed by atoms with Crippen LogP contribution in [0, 0.1) is 26.7 Å². The average molecular weight is 445 g/mol. The van der Waals surface area contributed by atoms with Gasteiger partial charge in [0.2, 0.25) is 0 Å². The van der Waals surface area contributed by atoms with Gasteiger partial charge in [-0.05, 0) is 80.1 Å². The number of aryl methyl sites for hydroxylation is 3. The lowest BCUT2D eigenvalue weighted by Crippen LogP contribution is -2.30. The molecule has 3 aromatic carbocycles. The lowest BCUT2D eigenvalue weighted by atomic mass is 9.76. The third kappa shape index (κ3) is 3.71. The van der Waals surface area contributed by atoms with Gasteiger partial charge < -0.3 is 5.32 Å². The second-order valence-corrected chi connectivity index (χ2v) is 10.7. The maximum absolute atomic E-state index is 13.1. The molecule has 0 aromatic heterocycles. The standard InChI is InChI=1S/C27H28N2O2S/c1-17-8-11-20(12-9-17)29-32(30,31)21-13-14-26-25(16-21)22-5-4-6-23(22)27(28-26)24-15-18(2)7-10-19(24)3/h4-5,7-16,22-23,27-29H,6H2,1-3H3/t22-,23+,27-/m0/s1. The molecule has 32 heavy (non-hydrogen) atoms. The molecule has 3 atom stereocenters.